The van der Waals surface area contributed by atoms with Crippen LogP contribution in [0.3, 0.4) is 0 Å². The molecule has 0 aliphatic carbocycles. The number of nitro benzene ring substituents is 1. The zero-order valence-electron chi connectivity index (χ0n) is 12.1. The van der Waals surface area contributed by atoms with Gasteiger partial charge in [0.1, 0.15) is 5.69 Å². The van der Waals surface area contributed by atoms with E-state index in [1.54, 1.807) is 18.1 Å². The van der Waals surface area contributed by atoms with Crippen molar-refractivity contribution in [2.75, 3.05) is 38.8 Å². The van der Waals surface area contributed by atoms with Gasteiger partial charge in [0.25, 0.3) is 5.69 Å². The van der Waals surface area contributed by atoms with Gasteiger partial charge in [-0.05, 0) is 12.1 Å². The topological polar surface area (TPSA) is 81.9 Å². The molecular weight excluding hydrogens is 276 g/mol. The molecule has 0 saturated carbocycles. The predicted octanol–water partition coefficient (Wildman–Crippen LogP) is 2.02. The molecule has 0 bridgehead atoms. The van der Waals surface area contributed by atoms with Crippen LogP contribution in [0, 0.1) is 10.1 Å². The van der Waals surface area contributed by atoms with Crippen molar-refractivity contribution in [3.63, 3.8) is 0 Å². The summed E-state index contributed by atoms with van der Waals surface area (Å²) >= 11 is 0. The lowest BCUT2D eigenvalue weighted by Crippen LogP contribution is -2.28. The Balaban J connectivity index is 3.27. The Morgan fingerprint density at radius 1 is 1.48 bits per heavy atom. The Hall–Kier alpha value is -2.41. The van der Waals surface area contributed by atoms with Crippen molar-refractivity contribution in [2.24, 2.45) is 0 Å². The van der Waals surface area contributed by atoms with Crippen LogP contribution in [0.5, 0.6) is 0 Å². The number of ether oxygens (including phenoxy) is 2. The molecule has 1 rings (SSSR count). The summed E-state index contributed by atoms with van der Waals surface area (Å²) < 4.78 is 9.64. The number of nitro groups is 1. The minimum absolute atomic E-state index is 0.0828. The number of carbonyl (C=O) groups excluding carboxylic acids is 1. The molecular formula is C14H18N2O5. The van der Waals surface area contributed by atoms with Gasteiger partial charge in [0.15, 0.2) is 0 Å². The van der Waals surface area contributed by atoms with Crippen molar-refractivity contribution < 1.29 is 19.2 Å². The number of nitrogens with zero attached hydrogens (tertiary/aromatic N) is 2. The summed E-state index contributed by atoms with van der Waals surface area (Å²) in [5.41, 5.74) is 0.505. The quantitative estimate of drug-likeness (QED) is 0.316. The Morgan fingerprint density at radius 3 is 2.71 bits per heavy atom. The normalized spacial score (nSPS) is 10.0. The van der Waals surface area contributed by atoms with Crippen LogP contribution in [-0.4, -0.2) is 44.8 Å². The van der Waals surface area contributed by atoms with E-state index in [1.807, 2.05) is 0 Å². The third-order valence-electron chi connectivity index (χ3n) is 2.85. The summed E-state index contributed by atoms with van der Waals surface area (Å²) in [6.45, 7) is 4.87. The fourth-order valence-electron chi connectivity index (χ4n) is 1.84. The second-order valence-electron chi connectivity index (χ2n) is 4.18. The summed E-state index contributed by atoms with van der Waals surface area (Å²) in [7, 11) is 2.81. The zero-order valence-corrected chi connectivity index (χ0v) is 12.1. The summed E-state index contributed by atoms with van der Waals surface area (Å²) in [4.78, 5) is 24.0. The maximum atomic E-state index is 11.6. The smallest absolute Gasteiger partial charge is 0.337 e. The molecule has 7 nitrogen and oxygen atoms in total. The van der Waals surface area contributed by atoms with Crippen LogP contribution < -0.4 is 4.90 Å². The van der Waals surface area contributed by atoms with Gasteiger partial charge < -0.3 is 14.4 Å². The molecule has 0 atom stereocenters. The number of methoxy groups -OCH3 is 2. The molecule has 0 amide bonds. The van der Waals surface area contributed by atoms with Crippen LogP contribution in [0.25, 0.3) is 0 Å². The third kappa shape index (κ3) is 4.28. The van der Waals surface area contributed by atoms with Gasteiger partial charge in [-0.3, -0.25) is 10.1 Å². The van der Waals surface area contributed by atoms with Crippen LogP contribution in [-0.2, 0) is 9.47 Å². The number of hydrogen-bond acceptors (Lipinski definition) is 6. The SMILES string of the molecule is C=CCN(CCOC)c1cc(C(=O)OC)ccc1[N+](=O)[O-]. The zero-order chi connectivity index (χ0) is 15.8. The number of rotatable bonds is 8. The molecule has 1 aromatic carbocycles. The van der Waals surface area contributed by atoms with E-state index in [9.17, 15) is 14.9 Å². The Kier molecular flexibility index (Phi) is 6.35. The van der Waals surface area contributed by atoms with Gasteiger partial charge in [-0.25, -0.2) is 4.79 Å². The van der Waals surface area contributed by atoms with Crippen LogP contribution >= 0.6 is 0 Å². The van der Waals surface area contributed by atoms with Crippen LogP contribution in [0.15, 0.2) is 30.9 Å². The average Bonchev–Trinajstić information content (AvgIpc) is 2.49. The van der Waals surface area contributed by atoms with E-state index in [0.29, 0.717) is 25.4 Å². The molecule has 1 aromatic rings. The lowest BCUT2D eigenvalue weighted by molar-refractivity contribution is -0.384. The van der Waals surface area contributed by atoms with Gasteiger partial charge in [-0.1, -0.05) is 6.08 Å². The number of anilines is 1. The minimum Gasteiger partial charge on any atom is -0.465 e. The summed E-state index contributed by atoms with van der Waals surface area (Å²) in [6.07, 6.45) is 1.63. The number of hydrogen-bond donors (Lipinski definition) is 0. The average molecular weight is 294 g/mol. The highest BCUT2D eigenvalue weighted by Gasteiger charge is 2.21. The van der Waals surface area contributed by atoms with Crippen molar-refractivity contribution in [3.8, 4) is 0 Å². The summed E-state index contributed by atoms with van der Waals surface area (Å²) in [5, 5.41) is 11.2. The van der Waals surface area contributed by atoms with E-state index in [2.05, 4.69) is 11.3 Å². The van der Waals surface area contributed by atoms with E-state index < -0.39 is 10.9 Å². The molecule has 0 aromatic heterocycles. The molecule has 0 radical (unpaired) electrons. The standard InChI is InChI=1S/C14H18N2O5/c1-4-7-15(8-9-20-2)13-10-11(14(17)21-3)5-6-12(13)16(18)19/h4-6,10H,1,7-9H2,2-3H3. The molecule has 0 spiro atoms. The maximum absolute atomic E-state index is 11.6. The van der Waals surface area contributed by atoms with Crippen molar-refractivity contribution in [1.82, 2.24) is 0 Å². The third-order valence-corrected chi connectivity index (χ3v) is 2.85. The Morgan fingerprint density at radius 2 is 2.19 bits per heavy atom. The van der Waals surface area contributed by atoms with Crippen molar-refractivity contribution >= 4 is 17.3 Å². The largest absolute Gasteiger partial charge is 0.465 e. The molecule has 114 valence electrons. The molecule has 0 unspecified atom stereocenters. The van der Waals surface area contributed by atoms with Gasteiger partial charge in [0, 0.05) is 26.3 Å². The molecule has 0 fully saturated rings. The van der Waals surface area contributed by atoms with E-state index >= 15 is 0 Å². The maximum Gasteiger partial charge on any atom is 0.337 e. The van der Waals surface area contributed by atoms with Crippen molar-refractivity contribution in [3.05, 3.63) is 46.5 Å². The molecule has 7 heteroatoms. The van der Waals surface area contributed by atoms with Crippen LogP contribution in [0.1, 0.15) is 10.4 Å². The summed E-state index contributed by atoms with van der Waals surface area (Å²) in [6, 6.07) is 4.11. The molecule has 0 N–H and O–H groups in total. The molecule has 0 aliphatic heterocycles. The van der Waals surface area contributed by atoms with Gasteiger partial charge >= 0.3 is 5.97 Å². The highest BCUT2D eigenvalue weighted by Crippen LogP contribution is 2.29. The number of benzene rings is 1. The first-order chi connectivity index (χ1) is 10.0. The van der Waals surface area contributed by atoms with Crippen molar-refractivity contribution in [2.45, 2.75) is 0 Å². The second-order valence-corrected chi connectivity index (χ2v) is 4.18. The van der Waals surface area contributed by atoms with E-state index in [1.165, 1.54) is 25.3 Å². The first kappa shape index (κ1) is 16.6. The lowest BCUT2D eigenvalue weighted by atomic mass is 10.1. The van der Waals surface area contributed by atoms with E-state index in [4.69, 9.17) is 4.74 Å². The van der Waals surface area contributed by atoms with E-state index in [0.717, 1.165) is 0 Å². The van der Waals surface area contributed by atoms with Gasteiger partial charge in [-0.2, -0.15) is 0 Å². The van der Waals surface area contributed by atoms with E-state index in [-0.39, 0.29) is 11.3 Å². The minimum atomic E-state index is -0.545. The number of carbonyl (C=O) groups is 1. The Bertz CT molecular complexity index is 530. The molecule has 0 saturated heterocycles. The van der Waals surface area contributed by atoms with Gasteiger partial charge in [0.05, 0.1) is 24.2 Å². The predicted molar refractivity (Wildman–Crippen MR) is 78.7 cm³/mol. The van der Waals surface area contributed by atoms with Gasteiger partial charge in [-0.15, -0.1) is 6.58 Å². The highest BCUT2D eigenvalue weighted by atomic mass is 16.6. The highest BCUT2D eigenvalue weighted by molar-refractivity contribution is 5.91. The van der Waals surface area contributed by atoms with Crippen LogP contribution in [0.2, 0.25) is 0 Å². The monoisotopic (exact) mass is 294 g/mol. The van der Waals surface area contributed by atoms with Crippen LogP contribution in [0.4, 0.5) is 11.4 Å². The summed E-state index contributed by atoms with van der Waals surface area (Å²) in [5.74, 6) is -0.545. The Labute approximate surface area is 122 Å². The number of esters is 1. The lowest BCUT2D eigenvalue weighted by Gasteiger charge is -2.23. The fraction of sp³-hybridized carbons (Fsp3) is 0.357. The first-order valence-corrected chi connectivity index (χ1v) is 6.26. The molecule has 0 aliphatic rings. The molecule has 0 heterocycles. The van der Waals surface area contributed by atoms with Crippen molar-refractivity contribution in [1.29, 1.82) is 0 Å². The fourth-order valence-corrected chi connectivity index (χ4v) is 1.84. The molecule has 21 heavy (non-hydrogen) atoms. The van der Waals surface area contributed by atoms with Gasteiger partial charge in [0.2, 0.25) is 0 Å². The first-order valence-electron chi connectivity index (χ1n) is 6.26. The second kappa shape index (κ2) is 8.01.